The largest absolute Gasteiger partial charge is 0.281 e. The van der Waals surface area contributed by atoms with Gasteiger partial charge in [0, 0.05) is 17.2 Å². The second-order valence-electron chi connectivity index (χ2n) is 4.88. The maximum Gasteiger partial charge on any atom is 0.165 e. The van der Waals surface area contributed by atoms with E-state index in [1.165, 1.54) is 24.1 Å². The summed E-state index contributed by atoms with van der Waals surface area (Å²) in [6.45, 7) is 0. The van der Waals surface area contributed by atoms with Gasteiger partial charge in [0.2, 0.25) is 0 Å². The normalized spacial score (nSPS) is 37.5. The molecule has 1 N–H and O–H groups in total. The van der Waals surface area contributed by atoms with Gasteiger partial charge in [-0.3, -0.25) is 5.10 Å². The fourth-order valence-corrected chi connectivity index (χ4v) is 3.38. The predicted molar refractivity (Wildman–Crippen MR) is 49.5 cm³/mol. The molecular weight excluding hydrogens is 174 g/mol. The molecule has 14 heavy (non-hydrogen) atoms. The third-order valence-electron chi connectivity index (χ3n) is 4.17. The maximum absolute atomic E-state index is 8.85. The molecule has 0 aliphatic heterocycles. The van der Waals surface area contributed by atoms with Crippen LogP contribution in [-0.2, 0) is 6.42 Å². The van der Waals surface area contributed by atoms with Gasteiger partial charge in [0.05, 0.1) is 0 Å². The highest BCUT2D eigenvalue weighted by Crippen LogP contribution is 2.68. The van der Waals surface area contributed by atoms with Crippen molar-refractivity contribution in [2.24, 2.45) is 17.8 Å². The highest BCUT2D eigenvalue weighted by atomic mass is 15.1. The number of rotatable bonds is 1. The molecule has 3 atom stereocenters. The van der Waals surface area contributed by atoms with Crippen molar-refractivity contribution in [3.05, 3.63) is 17.0 Å². The van der Waals surface area contributed by atoms with E-state index in [0.29, 0.717) is 5.69 Å². The molecule has 0 amide bonds. The monoisotopic (exact) mass is 185 g/mol. The summed E-state index contributed by atoms with van der Waals surface area (Å²) in [5, 5.41) is 16.0. The minimum absolute atomic E-state index is 0.641. The Hall–Kier alpha value is -1.30. The van der Waals surface area contributed by atoms with Gasteiger partial charge in [-0.15, -0.1) is 0 Å². The molecule has 3 aliphatic carbocycles. The first kappa shape index (κ1) is 7.05. The van der Waals surface area contributed by atoms with Crippen LogP contribution in [0.25, 0.3) is 0 Å². The second-order valence-corrected chi connectivity index (χ2v) is 4.88. The maximum atomic E-state index is 8.85. The van der Waals surface area contributed by atoms with Gasteiger partial charge in [-0.2, -0.15) is 10.4 Å². The number of hydrogen-bond donors (Lipinski definition) is 1. The fourth-order valence-electron chi connectivity index (χ4n) is 3.38. The SMILES string of the molecule is N#Cc1n[nH]c2c1C[C@@H]1[C@H]2[C@@H]1C1CC1. The second kappa shape index (κ2) is 2.03. The number of nitriles is 1. The molecule has 3 aliphatic rings. The number of nitrogens with zero attached hydrogens (tertiary/aromatic N) is 2. The molecule has 0 bridgehead atoms. The Morgan fingerprint density at radius 3 is 3.00 bits per heavy atom. The van der Waals surface area contributed by atoms with Crippen LogP contribution in [-0.4, -0.2) is 10.2 Å². The number of fused-ring (bicyclic) bond motifs is 3. The molecule has 0 unspecified atom stereocenters. The molecule has 4 rings (SSSR count). The summed E-state index contributed by atoms with van der Waals surface area (Å²) in [6.07, 6.45) is 3.99. The summed E-state index contributed by atoms with van der Waals surface area (Å²) in [7, 11) is 0. The predicted octanol–water partition coefficient (Wildman–Crippen LogP) is 1.58. The van der Waals surface area contributed by atoms with Crippen molar-refractivity contribution in [2.75, 3.05) is 0 Å². The summed E-state index contributed by atoms with van der Waals surface area (Å²) < 4.78 is 0. The lowest BCUT2D eigenvalue weighted by Crippen LogP contribution is -1.94. The van der Waals surface area contributed by atoms with E-state index in [1.807, 2.05) is 0 Å². The molecule has 3 nitrogen and oxygen atoms in total. The molecule has 70 valence electrons. The Bertz CT molecular complexity index is 450. The van der Waals surface area contributed by atoms with E-state index < -0.39 is 0 Å². The van der Waals surface area contributed by atoms with E-state index in [0.717, 1.165) is 30.1 Å². The summed E-state index contributed by atoms with van der Waals surface area (Å²) in [4.78, 5) is 0. The first-order chi connectivity index (χ1) is 6.90. The van der Waals surface area contributed by atoms with Crippen molar-refractivity contribution in [1.29, 1.82) is 5.26 Å². The van der Waals surface area contributed by atoms with E-state index in [1.54, 1.807) is 0 Å². The van der Waals surface area contributed by atoms with Gasteiger partial charge >= 0.3 is 0 Å². The van der Waals surface area contributed by atoms with E-state index in [4.69, 9.17) is 5.26 Å². The molecule has 0 radical (unpaired) electrons. The van der Waals surface area contributed by atoms with Crippen molar-refractivity contribution < 1.29 is 0 Å². The summed E-state index contributed by atoms with van der Waals surface area (Å²) in [5.74, 6) is 3.55. The molecular formula is C11H11N3. The summed E-state index contributed by atoms with van der Waals surface area (Å²) >= 11 is 0. The van der Waals surface area contributed by atoms with E-state index in [2.05, 4.69) is 16.3 Å². The molecule has 1 heterocycles. The molecule has 3 heteroatoms. The van der Waals surface area contributed by atoms with Crippen LogP contribution in [0, 0.1) is 29.1 Å². The Morgan fingerprint density at radius 1 is 1.43 bits per heavy atom. The van der Waals surface area contributed by atoms with Crippen LogP contribution < -0.4 is 0 Å². The minimum Gasteiger partial charge on any atom is -0.281 e. The summed E-state index contributed by atoms with van der Waals surface area (Å²) in [5.41, 5.74) is 3.16. The first-order valence-corrected chi connectivity index (χ1v) is 5.37. The molecule has 1 aromatic heterocycles. The zero-order valence-corrected chi connectivity index (χ0v) is 7.83. The van der Waals surface area contributed by atoms with Crippen molar-refractivity contribution in [2.45, 2.75) is 25.2 Å². The van der Waals surface area contributed by atoms with Gasteiger partial charge in [0.25, 0.3) is 0 Å². The van der Waals surface area contributed by atoms with E-state index in [-0.39, 0.29) is 0 Å². The highest BCUT2D eigenvalue weighted by Gasteiger charge is 2.62. The zero-order chi connectivity index (χ0) is 9.28. The zero-order valence-electron chi connectivity index (χ0n) is 7.83. The van der Waals surface area contributed by atoms with Gasteiger partial charge in [-0.25, -0.2) is 0 Å². The molecule has 2 saturated carbocycles. The number of H-pyrrole nitrogens is 1. The average Bonchev–Trinajstić information content (AvgIpc) is 3.04. The highest BCUT2D eigenvalue weighted by molar-refractivity contribution is 5.46. The lowest BCUT2D eigenvalue weighted by molar-refractivity contribution is 0.613. The lowest BCUT2D eigenvalue weighted by Gasteiger charge is -1.99. The number of aromatic amines is 1. The Balaban J connectivity index is 1.74. The molecule has 0 aromatic carbocycles. The van der Waals surface area contributed by atoms with Crippen molar-refractivity contribution in [3.63, 3.8) is 0 Å². The minimum atomic E-state index is 0.641. The van der Waals surface area contributed by atoms with Crippen LogP contribution in [0.15, 0.2) is 0 Å². The van der Waals surface area contributed by atoms with Gasteiger partial charge in [0.1, 0.15) is 6.07 Å². The average molecular weight is 185 g/mol. The van der Waals surface area contributed by atoms with Crippen LogP contribution in [0.3, 0.4) is 0 Å². The fraction of sp³-hybridized carbons (Fsp3) is 0.636. The van der Waals surface area contributed by atoms with Gasteiger partial charge in [0.15, 0.2) is 5.69 Å². The topological polar surface area (TPSA) is 52.5 Å². The van der Waals surface area contributed by atoms with Crippen molar-refractivity contribution in [3.8, 4) is 6.07 Å². The molecule has 2 fully saturated rings. The van der Waals surface area contributed by atoms with Crippen LogP contribution >= 0.6 is 0 Å². The van der Waals surface area contributed by atoms with E-state index >= 15 is 0 Å². The molecule has 1 aromatic rings. The number of hydrogen-bond acceptors (Lipinski definition) is 2. The summed E-state index contributed by atoms with van der Waals surface area (Å²) in [6, 6.07) is 2.17. The van der Waals surface area contributed by atoms with Crippen LogP contribution in [0.5, 0.6) is 0 Å². The lowest BCUT2D eigenvalue weighted by atomic mass is 10.0. The van der Waals surface area contributed by atoms with Crippen molar-refractivity contribution >= 4 is 0 Å². The van der Waals surface area contributed by atoms with E-state index in [9.17, 15) is 0 Å². The molecule has 0 spiro atoms. The van der Waals surface area contributed by atoms with Crippen molar-refractivity contribution in [1.82, 2.24) is 10.2 Å². The third-order valence-corrected chi connectivity index (χ3v) is 4.17. The smallest absolute Gasteiger partial charge is 0.165 e. The first-order valence-electron chi connectivity index (χ1n) is 5.37. The van der Waals surface area contributed by atoms with Crippen LogP contribution in [0.2, 0.25) is 0 Å². The number of aromatic nitrogens is 2. The molecule has 0 saturated heterocycles. The Morgan fingerprint density at radius 2 is 2.29 bits per heavy atom. The standard InChI is InChI=1S/C11H11N3/c12-4-8-6-3-7-9(5-1-2-5)10(7)11(6)14-13-8/h5,7,9-10H,1-3H2,(H,13,14)/t7-,9+,10-/m0/s1. The van der Waals surface area contributed by atoms with Crippen LogP contribution in [0.1, 0.15) is 35.7 Å². The Kier molecular flexibility index (Phi) is 1.02. The van der Waals surface area contributed by atoms with Gasteiger partial charge in [-0.1, -0.05) is 0 Å². The quantitative estimate of drug-likeness (QED) is 0.722. The number of nitrogens with one attached hydrogen (secondary N) is 1. The third kappa shape index (κ3) is 0.672. The van der Waals surface area contributed by atoms with Crippen LogP contribution in [0.4, 0.5) is 0 Å². The van der Waals surface area contributed by atoms with Gasteiger partial charge < -0.3 is 0 Å². The Labute approximate surface area is 82.1 Å². The van der Waals surface area contributed by atoms with Gasteiger partial charge in [-0.05, 0) is 37.0 Å².